The maximum absolute atomic E-state index is 11.9. The topological polar surface area (TPSA) is 62.1 Å². The van der Waals surface area contributed by atoms with Crippen LogP contribution in [0.3, 0.4) is 0 Å². The van der Waals surface area contributed by atoms with Gasteiger partial charge in [-0.15, -0.1) is 11.3 Å². The first-order valence-corrected chi connectivity index (χ1v) is 7.42. The molecule has 21 heavy (non-hydrogen) atoms. The number of amides is 1. The van der Waals surface area contributed by atoms with Gasteiger partial charge in [0.05, 0.1) is 6.04 Å². The van der Waals surface area contributed by atoms with Gasteiger partial charge in [-0.2, -0.15) is 0 Å². The van der Waals surface area contributed by atoms with Crippen molar-refractivity contribution in [2.75, 3.05) is 0 Å². The number of benzene rings is 1. The van der Waals surface area contributed by atoms with E-state index in [1.165, 1.54) is 11.3 Å². The normalized spacial score (nSPS) is 20.2. The van der Waals surface area contributed by atoms with E-state index >= 15 is 0 Å². The highest BCUT2D eigenvalue weighted by Crippen LogP contribution is 2.32. The highest BCUT2D eigenvalue weighted by atomic mass is 32.1. The maximum atomic E-state index is 11.9. The molecule has 1 saturated heterocycles. The van der Waals surface area contributed by atoms with E-state index in [2.05, 4.69) is 5.16 Å². The van der Waals surface area contributed by atoms with E-state index in [4.69, 9.17) is 4.84 Å². The number of thiophene rings is 1. The van der Waals surface area contributed by atoms with Gasteiger partial charge in [0.1, 0.15) is 12.3 Å². The molecule has 108 valence electrons. The number of hydroxylamine groups is 2. The lowest BCUT2D eigenvalue weighted by atomic mass is 10.2. The molecule has 0 saturated carbocycles. The molecule has 1 fully saturated rings. The van der Waals surface area contributed by atoms with E-state index in [1.54, 1.807) is 0 Å². The average molecular weight is 302 g/mol. The monoisotopic (exact) mass is 302 g/mol. The number of nitrogens with zero attached hydrogens (tertiary/aromatic N) is 2. The van der Waals surface area contributed by atoms with Crippen molar-refractivity contribution in [3.63, 3.8) is 0 Å². The van der Waals surface area contributed by atoms with Gasteiger partial charge in [0.25, 0.3) is 5.91 Å². The van der Waals surface area contributed by atoms with Crippen molar-refractivity contribution in [2.24, 2.45) is 5.16 Å². The Hall–Kier alpha value is -2.18. The van der Waals surface area contributed by atoms with Crippen LogP contribution in [0.4, 0.5) is 0 Å². The molecule has 1 amide bonds. The van der Waals surface area contributed by atoms with Crippen molar-refractivity contribution in [3.8, 4) is 0 Å². The molecular formula is C15H14N2O3S. The van der Waals surface area contributed by atoms with Crippen molar-refractivity contribution in [2.45, 2.75) is 19.1 Å². The van der Waals surface area contributed by atoms with E-state index < -0.39 is 5.91 Å². The third kappa shape index (κ3) is 2.96. The summed E-state index contributed by atoms with van der Waals surface area (Å²) in [4.78, 5) is 18.1. The summed E-state index contributed by atoms with van der Waals surface area (Å²) in [5.41, 5.74) is 1.22. The SMILES string of the molecule is O=C1/C(=N\OCc2ccccc2)CC(c2cccs2)N1O. The lowest BCUT2D eigenvalue weighted by Crippen LogP contribution is -2.25. The molecule has 1 atom stereocenters. The minimum Gasteiger partial charge on any atom is -0.391 e. The molecule has 1 N–H and O–H groups in total. The van der Waals surface area contributed by atoms with Gasteiger partial charge >= 0.3 is 0 Å². The van der Waals surface area contributed by atoms with E-state index in [0.29, 0.717) is 13.0 Å². The van der Waals surface area contributed by atoms with Crippen LogP contribution in [0.5, 0.6) is 0 Å². The standard InChI is InChI=1S/C15H14N2O3S/c18-15-12(16-20-10-11-5-2-1-3-6-11)9-13(17(15)19)14-7-4-8-21-14/h1-8,13,19H,9-10H2/b16-12-. The van der Waals surface area contributed by atoms with Crippen molar-refractivity contribution in [1.82, 2.24) is 5.06 Å². The Balaban J connectivity index is 1.66. The molecule has 0 aliphatic carbocycles. The molecule has 1 aromatic heterocycles. The summed E-state index contributed by atoms with van der Waals surface area (Å²) in [5, 5.41) is 16.4. The van der Waals surface area contributed by atoms with Gasteiger partial charge in [0, 0.05) is 11.3 Å². The smallest absolute Gasteiger partial charge is 0.295 e. The lowest BCUT2D eigenvalue weighted by Gasteiger charge is -2.14. The summed E-state index contributed by atoms with van der Waals surface area (Å²) in [5.74, 6) is -0.499. The van der Waals surface area contributed by atoms with Gasteiger partial charge in [0.15, 0.2) is 0 Å². The van der Waals surface area contributed by atoms with Gasteiger partial charge < -0.3 is 4.84 Å². The van der Waals surface area contributed by atoms with Crippen LogP contribution in [-0.2, 0) is 16.2 Å². The quantitative estimate of drug-likeness (QED) is 0.697. The lowest BCUT2D eigenvalue weighted by molar-refractivity contribution is -0.162. The summed E-state index contributed by atoms with van der Waals surface area (Å²) in [6.07, 6.45) is 0.352. The molecule has 1 unspecified atom stereocenters. The molecule has 0 bridgehead atoms. The van der Waals surface area contributed by atoms with Crippen LogP contribution in [-0.4, -0.2) is 21.9 Å². The van der Waals surface area contributed by atoms with Crippen LogP contribution in [0.1, 0.15) is 22.9 Å². The number of hydrogen-bond donors (Lipinski definition) is 1. The molecule has 6 heteroatoms. The Morgan fingerprint density at radius 2 is 2.10 bits per heavy atom. The molecule has 1 aliphatic rings. The molecule has 5 nitrogen and oxygen atoms in total. The van der Waals surface area contributed by atoms with Crippen LogP contribution >= 0.6 is 11.3 Å². The van der Waals surface area contributed by atoms with Gasteiger partial charge in [-0.05, 0) is 17.0 Å². The number of oxime groups is 1. The molecule has 3 rings (SSSR count). The number of carbonyl (C=O) groups is 1. The second-order valence-electron chi connectivity index (χ2n) is 4.68. The van der Waals surface area contributed by atoms with E-state index in [1.807, 2.05) is 47.8 Å². The summed E-state index contributed by atoms with van der Waals surface area (Å²) in [6.45, 7) is 0.298. The third-order valence-corrected chi connectivity index (χ3v) is 4.23. The second kappa shape index (κ2) is 6.07. The van der Waals surface area contributed by atoms with Crippen molar-refractivity contribution in [3.05, 3.63) is 58.3 Å². The van der Waals surface area contributed by atoms with Gasteiger partial charge in [0.2, 0.25) is 0 Å². The van der Waals surface area contributed by atoms with E-state index in [-0.39, 0.29) is 11.8 Å². The molecule has 2 heterocycles. The zero-order valence-electron chi connectivity index (χ0n) is 11.2. The van der Waals surface area contributed by atoms with Crippen LogP contribution in [0.25, 0.3) is 0 Å². The first-order chi connectivity index (χ1) is 10.3. The minimum absolute atomic E-state index is 0.242. The van der Waals surface area contributed by atoms with Crippen molar-refractivity contribution >= 4 is 23.0 Å². The predicted octanol–water partition coefficient (Wildman–Crippen LogP) is 2.98. The van der Waals surface area contributed by atoms with E-state index in [9.17, 15) is 10.0 Å². The minimum atomic E-state index is -0.499. The molecular weight excluding hydrogens is 288 g/mol. The first-order valence-electron chi connectivity index (χ1n) is 6.54. The summed E-state index contributed by atoms with van der Waals surface area (Å²) in [7, 11) is 0. The Kier molecular flexibility index (Phi) is 3.98. The fraction of sp³-hybridized carbons (Fsp3) is 0.200. The Morgan fingerprint density at radius 3 is 2.81 bits per heavy atom. The van der Waals surface area contributed by atoms with Crippen LogP contribution < -0.4 is 0 Å². The number of hydrogen-bond acceptors (Lipinski definition) is 5. The molecule has 1 aliphatic heterocycles. The van der Waals surface area contributed by atoms with Crippen LogP contribution in [0.2, 0.25) is 0 Å². The number of rotatable bonds is 4. The zero-order chi connectivity index (χ0) is 14.7. The maximum Gasteiger partial charge on any atom is 0.295 e. The molecule has 0 spiro atoms. The van der Waals surface area contributed by atoms with Crippen LogP contribution in [0, 0.1) is 0 Å². The number of carbonyl (C=O) groups excluding carboxylic acids is 1. The van der Waals surface area contributed by atoms with Crippen LogP contribution in [0.15, 0.2) is 53.0 Å². The third-order valence-electron chi connectivity index (χ3n) is 3.26. The largest absolute Gasteiger partial charge is 0.391 e. The van der Waals surface area contributed by atoms with Gasteiger partial charge in [-0.25, -0.2) is 5.06 Å². The van der Waals surface area contributed by atoms with Gasteiger partial charge in [-0.1, -0.05) is 41.6 Å². The molecule has 2 aromatic rings. The molecule has 1 aromatic carbocycles. The average Bonchev–Trinajstić information content (AvgIpc) is 3.12. The fourth-order valence-electron chi connectivity index (χ4n) is 2.17. The summed E-state index contributed by atoms with van der Waals surface area (Å²) in [6, 6.07) is 13.0. The summed E-state index contributed by atoms with van der Waals surface area (Å²) >= 11 is 1.50. The Labute approximate surface area is 126 Å². The first kappa shape index (κ1) is 13.8. The van der Waals surface area contributed by atoms with Crippen molar-refractivity contribution in [1.29, 1.82) is 0 Å². The highest BCUT2D eigenvalue weighted by molar-refractivity contribution is 7.10. The summed E-state index contributed by atoms with van der Waals surface area (Å²) < 4.78 is 0. The zero-order valence-corrected chi connectivity index (χ0v) is 12.0. The Bertz CT molecular complexity index is 640. The predicted molar refractivity (Wildman–Crippen MR) is 79.0 cm³/mol. The Morgan fingerprint density at radius 1 is 1.29 bits per heavy atom. The highest BCUT2D eigenvalue weighted by Gasteiger charge is 2.38. The van der Waals surface area contributed by atoms with E-state index in [0.717, 1.165) is 15.5 Å². The second-order valence-corrected chi connectivity index (χ2v) is 5.66. The van der Waals surface area contributed by atoms with Gasteiger partial charge in [-0.3, -0.25) is 10.0 Å². The van der Waals surface area contributed by atoms with Crippen molar-refractivity contribution < 1.29 is 14.8 Å². The molecule has 0 radical (unpaired) electrons. The fourth-order valence-corrected chi connectivity index (χ4v) is 2.98.